The molecule has 21 heavy (non-hydrogen) atoms. The molecule has 6 heteroatoms. The van der Waals surface area contributed by atoms with Crippen molar-refractivity contribution in [1.29, 1.82) is 0 Å². The van der Waals surface area contributed by atoms with Crippen LogP contribution in [-0.2, 0) is 15.6 Å². The number of hydrogen-bond donors (Lipinski definition) is 2. The number of carbonyl (C=O) groups is 2. The second-order valence-corrected chi connectivity index (χ2v) is 6.77. The molecule has 2 N–H and O–H groups in total. The first-order valence-electron chi connectivity index (χ1n) is 6.99. The fraction of sp³-hybridized carbons (Fsp3) is 0.467. The lowest BCUT2D eigenvalue weighted by Crippen LogP contribution is -2.35. The molecule has 1 aliphatic carbocycles. The van der Waals surface area contributed by atoms with Gasteiger partial charge < -0.3 is 10.4 Å². The van der Waals surface area contributed by atoms with Crippen molar-refractivity contribution < 1.29 is 18.9 Å². The maximum Gasteiger partial charge on any atom is 0.335 e. The summed E-state index contributed by atoms with van der Waals surface area (Å²) in [4.78, 5) is 23.3. The molecule has 5 nitrogen and oxygen atoms in total. The van der Waals surface area contributed by atoms with Gasteiger partial charge in [0.15, 0.2) is 0 Å². The lowest BCUT2D eigenvalue weighted by Gasteiger charge is -2.12. The van der Waals surface area contributed by atoms with Crippen LogP contribution >= 0.6 is 0 Å². The van der Waals surface area contributed by atoms with Gasteiger partial charge in [-0.05, 0) is 37.5 Å². The van der Waals surface area contributed by atoms with Gasteiger partial charge in [0, 0.05) is 10.9 Å². The predicted octanol–water partition coefficient (Wildman–Crippen LogP) is 1.86. The summed E-state index contributed by atoms with van der Waals surface area (Å²) in [6.07, 6.45) is 4.19. The van der Waals surface area contributed by atoms with E-state index in [4.69, 9.17) is 5.11 Å². The van der Waals surface area contributed by atoms with E-state index >= 15 is 0 Å². The van der Waals surface area contributed by atoms with E-state index in [0.717, 1.165) is 25.7 Å². The van der Waals surface area contributed by atoms with Crippen LogP contribution < -0.4 is 5.32 Å². The van der Waals surface area contributed by atoms with Gasteiger partial charge in [-0.3, -0.25) is 9.00 Å². The van der Waals surface area contributed by atoms with Gasteiger partial charge in [-0.15, -0.1) is 0 Å². The number of amides is 1. The highest BCUT2D eigenvalue weighted by Gasteiger charge is 2.19. The number of carbonyl (C=O) groups excluding carboxylic acids is 1. The van der Waals surface area contributed by atoms with Crippen molar-refractivity contribution in [3.8, 4) is 0 Å². The van der Waals surface area contributed by atoms with Crippen LogP contribution in [-0.4, -0.2) is 33.0 Å². The molecule has 1 unspecified atom stereocenters. The Morgan fingerprint density at radius 2 is 2.00 bits per heavy atom. The summed E-state index contributed by atoms with van der Waals surface area (Å²) in [7, 11) is -1.52. The normalized spacial score (nSPS) is 16.6. The molecule has 114 valence electrons. The maximum atomic E-state index is 12.2. The topological polar surface area (TPSA) is 83.5 Å². The van der Waals surface area contributed by atoms with E-state index in [-0.39, 0.29) is 23.3 Å². The minimum absolute atomic E-state index is 0.122. The van der Waals surface area contributed by atoms with Crippen LogP contribution in [0.15, 0.2) is 23.1 Å². The van der Waals surface area contributed by atoms with Crippen molar-refractivity contribution in [2.45, 2.75) is 43.5 Å². The Hall–Kier alpha value is -1.69. The molecular weight excluding hydrogens is 290 g/mol. The van der Waals surface area contributed by atoms with Crippen LogP contribution in [0.2, 0.25) is 0 Å². The number of aryl methyl sites for hydroxylation is 1. The molecule has 0 spiro atoms. The summed E-state index contributed by atoms with van der Waals surface area (Å²) in [5.74, 6) is -1.42. The van der Waals surface area contributed by atoms with E-state index < -0.39 is 16.8 Å². The van der Waals surface area contributed by atoms with Crippen molar-refractivity contribution in [1.82, 2.24) is 5.32 Å². The van der Waals surface area contributed by atoms with Crippen LogP contribution in [0.1, 0.15) is 41.6 Å². The third-order valence-corrected chi connectivity index (χ3v) is 4.99. The van der Waals surface area contributed by atoms with Gasteiger partial charge in [0.2, 0.25) is 5.91 Å². The third-order valence-electron chi connectivity index (χ3n) is 3.68. The maximum absolute atomic E-state index is 12.2. The average Bonchev–Trinajstić information content (AvgIpc) is 2.91. The van der Waals surface area contributed by atoms with Crippen LogP contribution in [0.3, 0.4) is 0 Å². The van der Waals surface area contributed by atoms with Crippen molar-refractivity contribution in [2.75, 3.05) is 5.75 Å². The molecule has 1 atom stereocenters. The molecule has 1 aromatic rings. The number of rotatable bonds is 5. The van der Waals surface area contributed by atoms with Crippen LogP contribution in [0.4, 0.5) is 0 Å². The highest BCUT2D eigenvalue weighted by molar-refractivity contribution is 7.85. The molecule has 0 aromatic heterocycles. The minimum atomic E-state index is -1.52. The molecule has 0 bridgehead atoms. The first-order valence-corrected chi connectivity index (χ1v) is 8.31. The Labute approximate surface area is 126 Å². The predicted molar refractivity (Wildman–Crippen MR) is 79.8 cm³/mol. The Kier molecular flexibility index (Phi) is 5.12. The van der Waals surface area contributed by atoms with E-state index in [9.17, 15) is 13.8 Å². The summed E-state index contributed by atoms with van der Waals surface area (Å²) in [5.41, 5.74) is 0.732. The monoisotopic (exact) mass is 309 g/mol. The van der Waals surface area contributed by atoms with Crippen LogP contribution in [0, 0.1) is 6.92 Å². The Balaban J connectivity index is 2.01. The largest absolute Gasteiger partial charge is 0.478 e. The van der Waals surface area contributed by atoms with Gasteiger partial charge >= 0.3 is 5.97 Å². The molecule has 0 saturated heterocycles. The summed E-state index contributed by atoms with van der Waals surface area (Å²) in [6, 6.07) is 4.81. The van der Waals surface area contributed by atoms with Gasteiger partial charge in [0.05, 0.1) is 16.4 Å². The number of benzene rings is 1. The van der Waals surface area contributed by atoms with Crippen molar-refractivity contribution in [2.24, 2.45) is 0 Å². The van der Waals surface area contributed by atoms with Gasteiger partial charge in [0.1, 0.15) is 5.75 Å². The number of carboxylic acids is 1. The first-order chi connectivity index (χ1) is 9.97. The summed E-state index contributed by atoms with van der Waals surface area (Å²) in [5, 5.41) is 11.9. The van der Waals surface area contributed by atoms with Gasteiger partial charge in [-0.1, -0.05) is 18.9 Å². The number of hydrogen-bond acceptors (Lipinski definition) is 3. The molecule has 1 amide bonds. The zero-order valence-corrected chi connectivity index (χ0v) is 12.7. The lowest BCUT2D eigenvalue weighted by atomic mass is 10.1. The molecule has 0 heterocycles. The van der Waals surface area contributed by atoms with Crippen LogP contribution in [0.25, 0.3) is 0 Å². The van der Waals surface area contributed by atoms with E-state index in [1.807, 2.05) is 0 Å². The second kappa shape index (κ2) is 6.85. The van der Waals surface area contributed by atoms with Gasteiger partial charge in [0.25, 0.3) is 0 Å². The fourth-order valence-corrected chi connectivity index (χ4v) is 3.47. The molecule has 0 radical (unpaired) electrons. The Morgan fingerprint density at radius 3 is 2.62 bits per heavy atom. The fourth-order valence-electron chi connectivity index (χ4n) is 2.52. The minimum Gasteiger partial charge on any atom is -0.478 e. The second-order valence-electron chi connectivity index (χ2n) is 5.32. The van der Waals surface area contributed by atoms with E-state index in [0.29, 0.717) is 10.5 Å². The molecular formula is C15H19NO4S. The SMILES string of the molecule is Cc1ccc(S(=O)CC(=O)NC2CCCC2)cc1C(=O)O. The van der Waals surface area contributed by atoms with E-state index in [1.165, 1.54) is 6.07 Å². The highest BCUT2D eigenvalue weighted by atomic mass is 32.2. The molecule has 1 saturated carbocycles. The first kappa shape index (κ1) is 15.7. The average molecular weight is 309 g/mol. The molecule has 1 aromatic carbocycles. The Bertz CT molecular complexity index is 579. The summed E-state index contributed by atoms with van der Waals surface area (Å²) >= 11 is 0. The lowest BCUT2D eigenvalue weighted by molar-refractivity contribution is -0.119. The quantitative estimate of drug-likeness (QED) is 0.869. The van der Waals surface area contributed by atoms with E-state index in [1.54, 1.807) is 19.1 Å². The molecule has 1 fully saturated rings. The van der Waals surface area contributed by atoms with Crippen molar-refractivity contribution in [3.63, 3.8) is 0 Å². The highest BCUT2D eigenvalue weighted by Crippen LogP contribution is 2.18. The smallest absolute Gasteiger partial charge is 0.335 e. The third kappa shape index (κ3) is 4.14. The summed E-state index contributed by atoms with van der Waals surface area (Å²) < 4.78 is 12.2. The number of aromatic carboxylic acids is 1. The van der Waals surface area contributed by atoms with Crippen LogP contribution in [0.5, 0.6) is 0 Å². The molecule has 0 aliphatic heterocycles. The van der Waals surface area contributed by atoms with Gasteiger partial charge in [-0.2, -0.15) is 0 Å². The Morgan fingerprint density at radius 1 is 1.33 bits per heavy atom. The summed E-state index contributed by atoms with van der Waals surface area (Å²) in [6.45, 7) is 1.68. The van der Waals surface area contributed by atoms with Gasteiger partial charge in [-0.25, -0.2) is 4.79 Å². The van der Waals surface area contributed by atoms with Crippen molar-refractivity contribution >= 4 is 22.7 Å². The number of nitrogens with one attached hydrogen (secondary N) is 1. The zero-order chi connectivity index (χ0) is 15.4. The zero-order valence-electron chi connectivity index (χ0n) is 11.9. The number of carboxylic acid groups (broad SMARTS) is 1. The standard InChI is InChI=1S/C15H19NO4S/c1-10-6-7-12(8-13(10)15(18)19)21(20)9-14(17)16-11-4-2-3-5-11/h6-8,11H,2-5,9H2,1H3,(H,16,17)(H,18,19). The van der Waals surface area contributed by atoms with Crippen molar-refractivity contribution in [3.05, 3.63) is 29.3 Å². The molecule has 1 aliphatic rings. The van der Waals surface area contributed by atoms with E-state index in [2.05, 4.69) is 5.32 Å². The molecule has 2 rings (SSSR count).